The molecule has 5 nitrogen and oxygen atoms in total. The van der Waals surface area contributed by atoms with Crippen LogP contribution in [0.2, 0.25) is 0 Å². The van der Waals surface area contributed by atoms with Gasteiger partial charge in [-0.05, 0) is 44.4 Å². The summed E-state index contributed by atoms with van der Waals surface area (Å²) in [6.45, 7) is 4.35. The van der Waals surface area contributed by atoms with Crippen LogP contribution in [-0.4, -0.2) is 29.6 Å². The number of methoxy groups -OCH3 is 1. The van der Waals surface area contributed by atoms with E-state index < -0.39 is 0 Å². The van der Waals surface area contributed by atoms with Crippen molar-refractivity contribution < 1.29 is 14.1 Å². The van der Waals surface area contributed by atoms with E-state index in [-0.39, 0.29) is 11.9 Å². The number of nitrogens with zero attached hydrogens (tertiary/aromatic N) is 2. The highest BCUT2D eigenvalue weighted by molar-refractivity contribution is 5.96. The van der Waals surface area contributed by atoms with Gasteiger partial charge < -0.3 is 14.2 Å². The second kappa shape index (κ2) is 5.83. The number of amides is 1. The van der Waals surface area contributed by atoms with Gasteiger partial charge >= 0.3 is 0 Å². The maximum absolute atomic E-state index is 12.9. The Balaban J connectivity index is 1.88. The van der Waals surface area contributed by atoms with E-state index >= 15 is 0 Å². The number of aromatic nitrogens is 1. The molecule has 1 amide bonds. The monoisotopic (exact) mass is 300 g/mol. The van der Waals surface area contributed by atoms with Crippen LogP contribution in [-0.2, 0) is 0 Å². The van der Waals surface area contributed by atoms with Crippen LogP contribution in [0, 0.1) is 13.8 Å². The second-order valence-electron chi connectivity index (χ2n) is 5.63. The lowest BCUT2D eigenvalue weighted by Crippen LogP contribution is -2.31. The fourth-order valence-corrected chi connectivity index (χ4v) is 3.11. The average Bonchev–Trinajstić information content (AvgIpc) is 3.14. The van der Waals surface area contributed by atoms with Crippen molar-refractivity contribution in [2.75, 3.05) is 13.7 Å². The molecule has 0 saturated carbocycles. The number of aryl methyl sites for hydroxylation is 2. The van der Waals surface area contributed by atoms with Crippen LogP contribution in [0.15, 0.2) is 28.8 Å². The van der Waals surface area contributed by atoms with E-state index in [1.807, 2.05) is 36.1 Å². The molecule has 1 aromatic heterocycles. The zero-order valence-corrected chi connectivity index (χ0v) is 13.1. The van der Waals surface area contributed by atoms with E-state index in [9.17, 15) is 4.79 Å². The molecule has 5 heteroatoms. The summed E-state index contributed by atoms with van der Waals surface area (Å²) in [6.07, 6.45) is 1.98. The van der Waals surface area contributed by atoms with Gasteiger partial charge in [0.1, 0.15) is 17.1 Å². The first-order valence-corrected chi connectivity index (χ1v) is 7.49. The van der Waals surface area contributed by atoms with E-state index in [0.29, 0.717) is 17.0 Å². The Morgan fingerprint density at radius 3 is 2.64 bits per heavy atom. The van der Waals surface area contributed by atoms with Crippen molar-refractivity contribution >= 4 is 5.91 Å². The van der Waals surface area contributed by atoms with E-state index in [4.69, 9.17) is 9.26 Å². The van der Waals surface area contributed by atoms with Crippen molar-refractivity contribution in [3.05, 3.63) is 46.8 Å². The summed E-state index contributed by atoms with van der Waals surface area (Å²) < 4.78 is 10.3. The second-order valence-corrected chi connectivity index (χ2v) is 5.63. The maximum atomic E-state index is 12.9. The Morgan fingerprint density at radius 1 is 1.32 bits per heavy atom. The predicted octanol–water partition coefficient (Wildman–Crippen LogP) is 3.28. The number of carbonyl (C=O) groups excluding carboxylic acids is 1. The first kappa shape index (κ1) is 14.6. The first-order chi connectivity index (χ1) is 10.6. The lowest BCUT2D eigenvalue weighted by atomic mass is 10.0. The molecule has 1 aliphatic rings. The van der Waals surface area contributed by atoms with E-state index in [0.717, 1.165) is 30.7 Å². The Labute approximate surface area is 129 Å². The van der Waals surface area contributed by atoms with Crippen molar-refractivity contribution in [3.63, 3.8) is 0 Å². The Morgan fingerprint density at radius 2 is 2.05 bits per heavy atom. The molecule has 22 heavy (non-hydrogen) atoms. The number of carbonyl (C=O) groups is 1. The minimum Gasteiger partial charge on any atom is -0.497 e. The lowest BCUT2D eigenvalue weighted by Gasteiger charge is -2.25. The van der Waals surface area contributed by atoms with Crippen molar-refractivity contribution in [3.8, 4) is 5.75 Å². The number of likely N-dealkylation sites (tertiary alicyclic amines) is 1. The van der Waals surface area contributed by atoms with Crippen LogP contribution < -0.4 is 4.74 Å². The van der Waals surface area contributed by atoms with Gasteiger partial charge in [0.2, 0.25) is 0 Å². The van der Waals surface area contributed by atoms with Crippen molar-refractivity contribution in [2.24, 2.45) is 0 Å². The highest BCUT2D eigenvalue weighted by Crippen LogP contribution is 2.34. The Hall–Kier alpha value is -2.30. The van der Waals surface area contributed by atoms with Crippen molar-refractivity contribution in [2.45, 2.75) is 32.7 Å². The van der Waals surface area contributed by atoms with Gasteiger partial charge in [0.05, 0.1) is 18.8 Å². The number of hydrogen-bond acceptors (Lipinski definition) is 4. The number of benzene rings is 1. The summed E-state index contributed by atoms with van der Waals surface area (Å²) in [5.74, 6) is 1.42. The van der Waals surface area contributed by atoms with Crippen LogP contribution in [0.25, 0.3) is 0 Å². The fourth-order valence-electron chi connectivity index (χ4n) is 3.11. The first-order valence-electron chi connectivity index (χ1n) is 7.49. The van der Waals surface area contributed by atoms with Crippen molar-refractivity contribution in [1.82, 2.24) is 10.1 Å². The topological polar surface area (TPSA) is 55.6 Å². The standard InChI is InChI=1S/C17H20N2O3/c1-11-16(12(2)22-18-11)17(20)19-10-4-5-15(19)13-6-8-14(21-3)9-7-13/h6-9,15H,4-5,10H2,1-3H3/t15-/m1/s1. The predicted molar refractivity (Wildman–Crippen MR) is 82.0 cm³/mol. The highest BCUT2D eigenvalue weighted by atomic mass is 16.5. The van der Waals surface area contributed by atoms with Crippen LogP contribution in [0.1, 0.15) is 46.3 Å². The van der Waals surface area contributed by atoms with Gasteiger partial charge in [-0.3, -0.25) is 4.79 Å². The summed E-state index contributed by atoms with van der Waals surface area (Å²) in [7, 11) is 1.65. The molecule has 0 unspecified atom stereocenters. The minimum absolute atomic E-state index is 0.00886. The summed E-state index contributed by atoms with van der Waals surface area (Å²) in [5.41, 5.74) is 2.39. The molecule has 1 fully saturated rings. The van der Waals surface area contributed by atoms with Gasteiger partial charge in [0.25, 0.3) is 5.91 Å². The molecule has 0 N–H and O–H groups in total. The summed E-state index contributed by atoms with van der Waals surface area (Å²) in [5, 5.41) is 3.89. The van der Waals surface area contributed by atoms with Crippen LogP contribution >= 0.6 is 0 Å². The molecule has 1 aliphatic heterocycles. The van der Waals surface area contributed by atoms with Gasteiger partial charge in [-0.1, -0.05) is 17.3 Å². The van der Waals surface area contributed by atoms with Crippen LogP contribution in [0.3, 0.4) is 0 Å². The molecular formula is C17H20N2O3. The zero-order chi connectivity index (χ0) is 15.7. The van der Waals surface area contributed by atoms with Gasteiger partial charge in [-0.15, -0.1) is 0 Å². The van der Waals surface area contributed by atoms with E-state index in [1.54, 1.807) is 14.0 Å². The smallest absolute Gasteiger partial charge is 0.259 e. The van der Waals surface area contributed by atoms with Crippen LogP contribution in [0.4, 0.5) is 0 Å². The van der Waals surface area contributed by atoms with Gasteiger partial charge in [-0.25, -0.2) is 0 Å². The number of rotatable bonds is 3. The van der Waals surface area contributed by atoms with E-state index in [1.165, 1.54) is 0 Å². The zero-order valence-electron chi connectivity index (χ0n) is 13.1. The Bertz CT molecular complexity index is 656. The maximum Gasteiger partial charge on any atom is 0.259 e. The molecular weight excluding hydrogens is 280 g/mol. The molecule has 2 aromatic rings. The highest BCUT2D eigenvalue weighted by Gasteiger charge is 2.33. The SMILES string of the molecule is COc1ccc([C@H]2CCCN2C(=O)c2c(C)noc2C)cc1. The fraction of sp³-hybridized carbons (Fsp3) is 0.412. The summed E-state index contributed by atoms with van der Waals surface area (Å²) >= 11 is 0. The molecule has 2 heterocycles. The third kappa shape index (κ3) is 2.47. The van der Waals surface area contributed by atoms with Crippen molar-refractivity contribution in [1.29, 1.82) is 0 Å². The lowest BCUT2D eigenvalue weighted by molar-refractivity contribution is 0.0733. The summed E-state index contributed by atoms with van der Waals surface area (Å²) in [6, 6.07) is 8.04. The molecule has 0 aliphatic carbocycles. The summed E-state index contributed by atoms with van der Waals surface area (Å²) in [4.78, 5) is 14.8. The molecule has 1 aromatic carbocycles. The minimum atomic E-state index is 0.00886. The molecule has 0 spiro atoms. The molecule has 1 saturated heterocycles. The third-order valence-corrected chi connectivity index (χ3v) is 4.26. The number of hydrogen-bond donors (Lipinski definition) is 0. The number of ether oxygens (including phenoxy) is 1. The van der Waals surface area contributed by atoms with Gasteiger partial charge in [0, 0.05) is 6.54 Å². The molecule has 3 rings (SSSR count). The van der Waals surface area contributed by atoms with E-state index in [2.05, 4.69) is 5.16 Å². The van der Waals surface area contributed by atoms with Crippen LogP contribution in [0.5, 0.6) is 5.75 Å². The Kier molecular flexibility index (Phi) is 3.88. The molecule has 1 atom stereocenters. The molecule has 0 radical (unpaired) electrons. The normalized spacial score (nSPS) is 17.8. The average molecular weight is 300 g/mol. The quantitative estimate of drug-likeness (QED) is 0.873. The third-order valence-electron chi connectivity index (χ3n) is 4.26. The van der Waals surface area contributed by atoms with Gasteiger partial charge in [0.15, 0.2) is 0 Å². The largest absolute Gasteiger partial charge is 0.497 e. The molecule has 116 valence electrons. The van der Waals surface area contributed by atoms with Gasteiger partial charge in [-0.2, -0.15) is 0 Å². The molecule has 0 bridgehead atoms.